The van der Waals surface area contributed by atoms with Gasteiger partial charge in [-0.1, -0.05) is 12.1 Å². The van der Waals surface area contributed by atoms with Crippen LogP contribution in [-0.4, -0.2) is 11.2 Å². The minimum absolute atomic E-state index is 0.348. The highest BCUT2D eigenvalue weighted by molar-refractivity contribution is 5.32. The Balaban J connectivity index is 2.81. The minimum Gasteiger partial charge on any atom is -0.393 e. The van der Waals surface area contributed by atoms with Crippen molar-refractivity contribution in [1.29, 1.82) is 5.26 Å². The van der Waals surface area contributed by atoms with Gasteiger partial charge in [0.25, 0.3) is 0 Å². The Bertz CT molecular complexity index is 299. The normalized spacial score (nSPS) is 12.1. The van der Waals surface area contributed by atoms with Gasteiger partial charge in [0, 0.05) is 0 Å². The van der Waals surface area contributed by atoms with Crippen LogP contribution in [0.2, 0.25) is 0 Å². The van der Waals surface area contributed by atoms with Crippen molar-refractivity contribution in [3.8, 4) is 6.07 Å². The van der Waals surface area contributed by atoms with Crippen LogP contribution in [0.5, 0.6) is 0 Å². The highest BCUT2D eigenvalue weighted by atomic mass is 16.3. The first kappa shape index (κ1) is 8.76. The van der Waals surface area contributed by atoms with Gasteiger partial charge in [-0.25, -0.2) is 0 Å². The molecule has 1 rings (SSSR count). The maximum absolute atomic E-state index is 9.09. The summed E-state index contributed by atoms with van der Waals surface area (Å²) in [4.78, 5) is 0. The Labute approximate surface area is 72.1 Å². The topological polar surface area (TPSA) is 44.0 Å². The zero-order valence-corrected chi connectivity index (χ0v) is 6.99. The molecular formula is C10H11NO. The van der Waals surface area contributed by atoms with Crippen LogP contribution >= 0.6 is 0 Å². The summed E-state index contributed by atoms with van der Waals surface area (Å²) in [7, 11) is 0. The molecule has 1 atom stereocenters. The number of hydrogen-bond acceptors (Lipinski definition) is 2. The number of hydrogen-bond donors (Lipinski definition) is 1. The van der Waals surface area contributed by atoms with E-state index in [1.54, 1.807) is 19.1 Å². The Hall–Kier alpha value is -1.33. The molecule has 0 heterocycles. The molecule has 0 saturated heterocycles. The largest absolute Gasteiger partial charge is 0.393 e. The number of benzene rings is 1. The predicted molar refractivity (Wildman–Crippen MR) is 46.5 cm³/mol. The van der Waals surface area contributed by atoms with E-state index < -0.39 is 0 Å². The van der Waals surface area contributed by atoms with Gasteiger partial charge in [0.15, 0.2) is 0 Å². The molecule has 0 saturated carbocycles. The van der Waals surface area contributed by atoms with E-state index >= 15 is 0 Å². The van der Waals surface area contributed by atoms with Gasteiger partial charge < -0.3 is 5.11 Å². The Morgan fingerprint density at radius 2 is 2.33 bits per heavy atom. The third-order valence-corrected chi connectivity index (χ3v) is 1.59. The summed E-state index contributed by atoms with van der Waals surface area (Å²) in [5, 5.41) is 17.7. The van der Waals surface area contributed by atoms with Gasteiger partial charge in [0.05, 0.1) is 17.7 Å². The third-order valence-electron chi connectivity index (χ3n) is 1.59. The Morgan fingerprint density at radius 1 is 1.58 bits per heavy atom. The lowest BCUT2D eigenvalue weighted by atomic mass is 10.1. The van der Waals surface area contributed by atoms with Crippen molar-refractivity contribution < 1.29 is 5.11 Å². The SMILES string of the molecule is C[C@H](O)Cc1cccc(C#N)c1. The number of nitrogens with zero attached hydrogens (tertiary/aromatic N) is 1. The molecule has 2 nitrogen and oxygen atoms in total. The van der Waals surface area contributed by atoms with E-state index in [1.807, 2.05) is 12.1 Å². The molecule has 1 N–H and O–H groups in total. The van der Waals surface area contributed by atoms with Crippen LogP contribution in [-0.2, 0) is 6.42 Å². The van der Waals surface area contributed by atoms with E-state index in [0.717, 1.165) is 5.56 Å². The maximum atomic E-state index is 9.09. The standard InChI is InChI=1S/C10H11NO/c1-8(12)5-9-3-2-4-10(6-9)7-11/h2-4,6,8,12H,5H2,1H3/t8-/m0/s1. The second kappa shape index (κ2) is 3.89. The van der Waals surface area contributed by atoms with Crippen molar-refractivity contribution >= 4 is 0 Å². The first-order valence-corrected chi connectivity index (χ1v) is 3.89. The molecule has 0 radical (unpaired) electrons. The summed E-state index contributed by atoms with van der Waals surface area (Å²) < 4.78 is 0. The van der Waals surface area contributed by atoms with E-state index in [-0.39, 0.29) is 6.10 Å². The molecule has 0 fully saturated rings. The van der Waals surface area contributed by atoms with Crippen molar-refractivity contribution in [2.45, 2.75) is 19.4 Å². The fourth-order valence-electron chi connectivity index (χ4n) is 1.11. The molecule has 62 valence electrons. The third kappa shape index (κ3) is 2.37. The average Bonchev–Trinajstić information content (AvgIpc) is 2.03. The van der Waals surface area contributed by atoms with Gasteiger partial charge >= 0.3 is 0 Å². The Kier molecular flexibility index (Phi) is 2.84. The average molecular weight is 161 g/mol. The molecule has 0 amide bonds. The summed E-state index contributed by atoms with van der Waals surface area (Å²) >= 11 is 0. The van der Waals surface area contributed by atoms with Crippen molar-refractivity contribution in [1.82, 2.24) is 0 Å². The smallest absolute Gasteiger partial charge is 0.0991 e. The van der Waals surface area contributed by atoms with E-state index in [1.165, 1.54) is 0 Å². The van der Waals surface area contributed by atoms with Crippen LogP contribution in [0.25, 0.3) is 0 Å². The minimum atomic E-state index is -0.348. The van der Waals surface area contributed by atoms with Gasteiger partial charge in [-0.2, -0.15) is 5.26 Å². The van der Waals surface area contributed by atoms with E-state index in [4.69, 9.17) is 10.4 Å². The highest BCUT2D eigenvalue weighted by Gasteiger charge is 1.99. The number of nitriles is 1. The van der Waals surface area contributed by atoms with Crippen LogP contribution in [0.4, 0.5) is 0 Å². The van der Waals surface area contributed by atoms with E-state index in [0.29, 0.717) is 12.0 Å². The van der Waals surface area contributed by atoms with Crippen molar-refractivity contribution in [3.63, 3.8) is 0 Å². The second-order valence-corrected chi connectivity index (χ2v) is 2.87. The first-order chi connectivity index (χ1) is 5.72. The van der Waals surface area contributed by atoms with Gasteiger partial charge in [-0.15, -0.1) is 0 Å². The van der Waals surface area contributed by atoms with Crippen molar-refractivity contribution in [2.75, 3.05) is 0 Å². The van der Waals surface area contributed by atoms with Crippen LogP contribution in [0.3, 0.4) is 0 Å². The molecule has 12 heavy (non-hydrogen) atoms. The van der Waals surface area contributed by atoms with Crippen LogP contribution < -0.4 is 0 Å². The van der Waals surface area contributed by atoms with Gasteiger partial charge in [-0.05, 0) is 31.0 Å². The van der Waals surface area contributed by atoms with Crippen molar-refractivity contribution in [2.24, 2.45) is 0 Å². The van der Waals surface area contributed by atoms with E-state index in [9.17, 15) is 0 Å². The lowest BCUT2D eigenvalue weighted by Crippen LogP contribution is -2.03. The Morgan fingerprint density at radius 3 is 2.92 bits per heavy atom. The van der Waals surface area contributed by atoms with Gasteiger partial charge in [0.1, 0.15) is 0 Å². The molecule has 0 aliphatic heterocycles. The molecule has 2 heteroatoms. The van der Waals surface area contributed by atoms with Gasteiger partial charge in [-0.3, -0.25) is 0 Å². The van der Waals surface area contributed by atoms with Gasteiger partial charge in [0.2, 0.25) is 0 Å². The maximum Gasteiger partial charge on any atom is 0.0991 e. The van der Waals surface area contributed by atoms with Crippen molar-refractivity contribution in [3.05, 3.63) is 35.4 Å². The number of rotatable bonds is 2. The molecule has 0 aliphatic carbocycles. The quantitative estimate of drug-likeness (QED) is 0.714. The molecular weight excluding hydrogens is 150 g/mol. The van der Waals surface area contributed by atoms with Crippen LogP contribution in [0.15, 0.2) is 24.3 Å². The fourth-order valence-corrected chi connectivity index (χ4v) is 1.11. The first-order valence-electron chi connectivity index (χ1n) is 3.89. The molecule has 1 aromatic carbocycles. The summed E-state index contributed by atoms with van der Waals surface area (Å²) in [5.41, 5.74) is 1.65. The zero-order valence-electron chi connectivity index (χ0n) is 6.99. The molecule has 0 unspecified atom stereocenters. The summed E-state index contributed by atoms with van der Waals surface area (Å²) in [6.45, 7) is 1.74. The lowest BCUT2D eigenvalue weighted by molar-refractivity contribution is 0.195. The molecule has 0 aliphatic rings. The van der Waals surface area contributed by atoms with Crippen LogP contribution in [0.1, 0.15) is 18.1 Å². The number of aliphatic hydroxyl groups is 1. The molecule has 1 aromatic rings. The zero-order chi connectivity index (χ0) is 8.97. The number of aliphatic hydroxyl groups excluding tert-OH is 1. The summed E-state index contributed by atoms with van der Waals surface area (Å²) in [6.07, 6.45) is 0.258. The predicted octanol–water partition coefficient (Wildman–Crippen LogP) is 1.48. The summed E-state index contributed by atoms with van der Waals surface area (Å²) in [6, 6.07) is 9.35. The monoisotopic (exact) mass is 161 g/mol. The van der Waals surface area contributed by atoms with E-state index in [2.05, 4.69) is 6.07 Å². The molecule has 0 spiro atoms. The lowest BCUT2D eigenvalue weighted by Gasteiger charge is -2.03. The highest BCUT2D eigenvalue weighted by Crippen LogP contribution is 2.06. The molecule has 0 aromatic heterocycles. The molecule has 0 bridgehead atoms. The summed E-state index contributed by atoms with van der Waals surface area (Å²) in [5.74, 6) is 0. The van der Waals surface area contributed by atoms with Crippen LogP contribution in [0, 0.1) is 11.3 Å². The second-order valence-electron chi connectivity index (χ2n) is 2.87. The fraction of sp³-hybridized carbons (Fsp3) is 0.300.